The zero-order valence-electron chi connectivity index (χ0n) is 40.8. The molecular weight excluding hydrogens is 965 g/mol. The predicted molar refractivity (Wildman–Crippen MR) is 304 cm³/mol. The third kappa shape index (κ3) is 14.1. The molecule has 0 aliphatic carbocycles. The standard InChI is InChI=1S/C54H72N2O4S7/c1-7-13-17-21-25-37-39(27-23-19-15-9-3)45(35-47-51(57)55(11-5)53(61)66-47)63-41(37)29-31-43-49-50(60-34-33-59-49)44(65-43)32-30-42-38(26-22-18-14-8-2)40(28-24-20-16-10-4)46(64-42)36-48-52(58)56(12-6)54(62)67-48/h29-32,35-36H,7-28,33-34H2,1-6H3/b31-29+,32-30+,47-35-,48-36+. The fraction of sp³-hybridized carbons (Fsp3) is 0.556. The Labute approximate surface area is 433 Å². The number of rotatable bonds is 28. The van der Waals surface area contributed by atoms with Gasteiger partial charge in [-0.15, -0.1) is 34.0 Å². The molecule has 2 saturated heterocycles. The molecule has 6 heterocycles. The Hall–Kier alpha value is -2.52. The molecule has 0 spiro atoms. The summed E-state index contributed by atoms with van der Waals surface area (Å²) >= 11 is 19.5. The van der Waals surface area contributed by atoms with Gasteiger partial charge in [-0.05, 0) is 124 Å². The summed E-state index contributed by atoms with van der Waals surface area (Å²) < 4.78 is 14.1. The van der Waals surface area contributed by atoms with Crippen molar-refractivity contribution < 1.29 is 19.1 Å². The van der Waals surface area contributed by atoms with E-state index < -0.39 is 0 Å². The average molecular weight is 1040 g/mol. The van der Waals surface area contributed by atoms with Gasteiger partial charge < -0.3 is 9.47 Å². The van der Waals surface area contributed by atoms with Crippen LogP contribution in [0.1, 0.15) is 196 Å². The van der Waals surface area contributed by atoms with Crippen LogP contribution in [-0.4, -0.2) is 56.6 Å². The van der Waals surface area contributed by atoms with Crippen LogP contribution in [0.25, 0.3) is 36.5 Å². The summed E-state index contributed by atoms with van der Waals surface area (Å²) in [7, 11) is 0. The van der Waals surface area contributed by atoms with Gasteiger partial charge in [0.2, 0.25) is 0 Å². The van der Waals surface area contributed by atoms with Gasteiger partial charge in [-0.3, -0.25) is 19.4 Å². The Morgan fingerprint density at radius 2 is 0.761 bits per heavy atom. The number of hydrogen-bond acceptors (Lipinski definition) is 11. The number of hydrogen-bond donors (Lipinski definition) is 0. The van der Waals surface area contributed by atoms with Gasteiger partial charge in [0.1, 0.15) is 21.9 Å². The average Bonchev–Trinajstić information content (AvgIpc) is 4.09. The van der Waals surface area contributed by atoms with E-state index in [2.05, 4.69) is 64.2 Å². The summed E-state index contributed by atoms with van der Waals surface area (Å²) in [5, 5.41) is 0. The molecule has 0 radical (unpaired) electrons. The Morgan fingerprint density at radius 3 is 1.07 bits per heavy atom. The highest BCUT2D eigenvalue weighted by Crippen LogP contribution is 2.47. The lowest BCUT2D eigenvalue weighted by molar-refractivity contribution is -0.122. The van der Waals surface area contributed by atoms with Crippen LogP contribution < -0.4 is 9.47 Å². The van der Waals surface area contributed by atoms with Crippen molar-refractivity contribution in [2.45, 2.75) is 170 Å². The number of thioether (sulfide) groups is 2. The minimum Gasteiger partial charge on any atom is -0.485 e. The fourth-order valence-corrected chi connectivity index (χ4v) is 15.3. The molecule has 6 rings (SSSR count). The number of fused-ring (bicyclic) bond motifs is 1. The van der Waals surface area contributed by atoms with E-state index >= 15 is 0 Å². The quantitative estimate of drug-likeness (QED) is 0.0405. The zero-order valence-corrected chi connectivity index (χ0v) is 46.5. The maximum Gasteiger partial charge on any atom is 0.266 e. The van der Waals surface area contributed by atoms with E-state index in [9.17, 15) is 9.59 Å². The van der Waals surface area contributed by atoms with Crippen LogP contribution in [0.5, 0.6) is 11.5 Å². The highest BCUT2D eigenvalue weighted by Gasteiger charge is 2.33. The Morgan fingerprint density at radius 1 is 0.448 bits per heavy atom. The molecule has 0 saturated carbocycles. The van der Waals surface area contributed by atoms with Gasteiger partial charge in [0, 0.05) is 32.6 Å². The molecule has 6 nitrogen and oxygen atoms in total. The number of ether oxygens (including phenoxy) is 2. The summed E-state index contributed by atoms with van der Waals surface area (Å²) in [6.45, 7) is 15.2. The maximum atomic E-state index is 13.5. The molecule has 3 aromatic rings. The van der Waals surface area contributed by atoms with Crippen LogP contribution in [0, 0.1) is 0 Å². The predicted octanol–water partition coefficient (Wildman–Crippen LogP) is 16.9. The highest BCUT2D eigenvalue weighted by molar-refractivity contribution is 8.27. The maximum absolute atomic E-state index is 13.5. The van der Waals surface area contributed by atoms with Crippen molar-refractivity contribution in [1.82, 2.24) is 9.80 Å². The molecule has 3 aromatic heterocycles. The Bertz CT molecular complexity index is 2150. The second-order valence-corrected chi connectivity index (χ2v) is 24.1. The fourth-order valence-electron chi connectivity index (χ4n) is 8.89. The first-order valence-corrected chi connectivity index (χ1v) is 30.2. The lowest BCUT2D eigenvalue weighted by Gasteiger charge is -2.16. The Kier molecular flexibility index (Phi) is 22.3. The van der Waals surface area contributed by atoms with Crippen molar-refractivity contribution in [3.8, 4) is 11.5 Å². The highest BCUT2D eigenvalue weighted by atomic mass is 32.2. The number of likely N-dealkylation sites (N-methyl/N-ethyl adjacent to an activating group) is 2. The summed E-state index contributed by atoms with van der Waals surface area (Å²) in [5.74, 6) is 1.67. The van der Waals surface area contributed by atoms with Crippen molar-refractivity contribution in [2.24, 2.45) is 0 Å². The van der Waals surface area contributed by atoms with E-state index in [-0.39, 0.29) is 11.8 Å². The lowest BCUT2D eigenvalue weighted by atomic mass is 9.96. The molecule has 364 valence electrons. The van der Waals surface area contributed by atoms with Gasteiger partial charge in [-0.25, -0.2) is 0 Å². The van der Waals surface area contributed by atoms with E-state index in [1.54, 1.807) is 21.1 Å². The van der Waals surface area contributed by atoms with Crippen LogP contribution in [-0.2, 0) is 35.3 Å². The van der Waals surface area contributed by atoms with Crippen LogP contribution in [0.2, 0.25) is 0 Å². The summed E-state index contributed by atoms with van der Waals surface area (Å²) in [5.41, 5.74) is 5.66. The van der Waals surface area contributed by atoms with Crippen LogP contribution in [0.15, 0.2) is 9.81 Å². The first kappa shape index (κ1) is 53.8. The number of thiophene rings is 3. The van der Waals surface area contributed by atoms with Crippen LogP contribution in [0.4, 0.5) is 0 Å². The van der Waals surface area contributed by atoms with Gasteiger partial charge >= 0.3 is 0 Å². The minimum atomic E-state index is 0.0193. The second-order valence-electron chi connectivity index (χ2n) is 17.5. The van der Waals surface area contributed by atoms with Crippen molar-refractivity contribution in [1.29, 1.82) is 0 Å². The minimum absolute atomic E-state index is 0.0193. The summed E-state index contributed by atoms with van der Waals surface area (Å²) in [6.07, 6.45) is 36.5. The smallest absolute Gasteiger partial charge is 0.266 e. The molecule has 3 aliphatic rings. The lowest BCUT2D eigenvalue weighted by Crippen LogP contribution is -2.27. The van der Waals surface area contributed by atoms with Gasteiger partial charge in [-0.2, -0.15) is 0 Å². The molecule has 0 unspecified atom stereocenters. The molecule has 2 fully saturated rings. The Balaban J connectivity index is 1.39. The number of carbonyl (C=O) groups is 2. The van der Waals surface area contributed by atoms with Crippen molar-refractivity contribution >= 4 is 139 Å². The molecule has 67 heavy (non-hydrogen) atoms. The molecule has 2 amide bonds. The second kappa shape index (κ2) is 27.8. The summed E-state index contributed by atoms with van der Waals surface area (Å²) in [6, 6.07) is 0. The first-order chi connectivity index (χ1) is 32.7. The number of unbranched alkanes of at least 4 members (excludes halogenated alkanes) is 12. The van der Waals surface area contributed by atoms with Crippen LogP contribution in [0.3, 0.4) is 0 Å². The zero-order chi connectivity index (χ0) is 47.7. The van der Waals surface area contributed by atoms with Crippen molar-refractivity contribution in [3.05, 3.63) is 61.3 Å². The molecule has 0 atom stereocenters. The molecule has 0 bridgehead atoms. The first-order valence-electron chi connectivity index (χ1n) is 25.3. The van der Waals surface area contributed by atoms with E-state index in [1.807, 2.05) is 36.5 Å². The number of amides is 2. The number of nitrogens with zero attached hydrogens (tertiary/aromatic N) is 2. The van der Waals surface area contributed by atoms with Gasteiger partial charge in [-0.1, -0.05) is 153 Å². The van der Waals surface area contributed by atoms with Gasteiger partial charge in [0.05, 0.1) is 19.6 Å². The normalized spacial score (nSPS) is 16.6. The van der Waals surface area contributed by atoms with Gasteiger partial charge in [0.25, 0.3) is 11.8 Å². The van der Waals surface area contributed by atoms with E-state index in [0.717, 1.165) is 82.4 Å². The molecule has 13 heteroatoms. The SMILES string of the molecule is CCCCCCc1c(/C=C2\SC(=S)N(CC)C2=O)sc(/C=C/c2sc(/C=C/c3sc(/C=C4/SC(=S)N(CC)C4=O)c(CCCCCC)c3CCCCCC)c3c2OCCO3)c1CCCCCC. The number of thiocarbonyl (C=S) groups is 2. The topological polar surface area (TPSA) is 59.1 Å². The van der Waals surface area contributed by atoms with E-state index in [0.29, 0.717) is 34.9 Å². The molecule has 3 aliphatic heterocycles. The van der Waals surface area contributed by atoms with E-state index in [4.69, 9.17) is 33.9 Å². The molecular formula is C54H72N2O4S7. The monoisotopic (exact) mass is 1040 g/mol. The third-order valence-electron chi connectivity index (χ3n) is 12.6. The number of carbonyl (C=O) groups excluding carboxylic acids is 2. The van der Waals surface area contributed by atoms with Crippen molar-refractivity contribution in [2.75, 3.05) is 26.3 Å². The van der Waals surface area contributed by atoms with Crippen molar-refractivity contribution in [3.63, 3.8) is 0 Å². The summed E-state index contributed by atoms with van der Waals surface area (Å²) in [4.78, 5) is 38.8. The molecule has 0 aromatic carbocycles. The van der Waals surface area contributed by atoms with E-state index in [1.165, 1.54) is 142 Å². The largest absolute Gasteiger partial charge is 0.485 e. The van der Waals surface area contributed by atoms with Gasteiger partial charge in [0.15, 0.2) is 11.5 Å². The molecule has 0 N–H and O–H groups in total. The third-order valence-corrected chi connectivity index (χ3v) is 18.8. The van der Waals surface area contributed by atoms with Crippen LogP contribution >= 0.6 is 82.0 Å².